The number of benzene rings is 2. The Morgan fingerprint density at radius 2 is 2.05 bits per heavy atom. The van der Waals surface area contributed by atoms with Crippen LogP contribution in [0.4, 0.5) is 0 Å². The van der Waals surface area contributed by atoms with Gasteiger partial charge >= 0.3 is 0 Å². The monoisotopic (exact) mass is 364 g/mol. The molecule has 0 aliphatic carbocycles. The first-order valence-corrected chi connectivity index (χ1v) is 8.40. The van der Waals surface area contributed by atoms with E-state index in [0.29, 0.717) is 12.2 Å². The van der Waals surface area contributed by atoms with E-state index in [1.807, 2.05) is 30.3 Å². The number of hydrogen-bond donors (Lipinski definition) is 0. The fourth-order valence-corrected chi connectivity index (χ4v) is 3.30. The standard InChI is InChI=1S/C17H17BrO2S/c1-12-4-3-5-16(8-12)21-11-15(19)10-13-9-14(18)6-7-17(13)20-2/h3-9H,10-11H2,1-2H3. The summed E-state index contributed by atoms with van der Waals surface area (Å²) in [5, 5.41) is 0. The smallest absolute Gasteiger partial charge is 0.147 e. The van der Waals surface area contributed by atoms with Gasteiger partial charge in [0.05, 0.1) is 12.9 Å². The molecule has 0 aromatic heterocycles. The van der Waals surface area contributed by atoms with Crippen molar-refractivity contribution in [3.63, 3.8) is 0 Å². The number of thioether (sulfide) groups is 1. The molecule has 0 saturated heterocycles. The van der Waals surface area contributed by atoms with Crippen LogP contribution in [-0.4, -0.2) is 18.6 Å². The normalized spacial score (nSPS) is 10.4. The first-order valence-electron chi connectivity index (χ1n) is 6.62. The van der Waals surface area contributed by atoms with Crippen LogP contribution in [0.2, 0.25) is 0 Å². The molecular formula is C17H17BrO2S. The lowest BCUT2D eigenvalue weighted by Crippen LogP contribution is -2.07. The molecule has 0 N–H and O–H groups in total. The van der Waals surface area contributed by atoms with Crippen LogP contribution in [0.5, 0.6) is 5.75 Å². The molecule has 2 rings (SSSR count). The molecule has 0 spiro atoms. The van der Waals surface area contributed by atoms with E-state index in [0.717, 1.165) is 20.7 Å². The Balaban J connectivity index is 1.97. The molecule has 4 heteroatoms. The molecular weight excluding hydrogens is 348 g/mol. The molecule has 2 nitrogen and oxygen atoms in total. The van der Waals surface area contributed by atoms with Gasteiger partial charge in [0.2, 0.25) is 0 Å². The van der Waals surface area contributed by atoms with E-state index in [4.69, 9.17) is 4.74 Å². The van der Waals surface area contributed by atoms with Gasteiger partial charge in [-0.1, -0.05) is 33.6 Å². The van der Waals surface area contributed by atoms with Crippen LogP contribution < -0.4 is 4.74 Å². The summed E-state index contributed by atoms with van der Waals surface area (Å²) in [5.41, 5.74) is 2.13. The van der Waals surface area contributed by atoms with E-state index < -0.39 is 0 Å². The zero-order valence-corrected chi connectivity index (χ0v) is 14.5. The molecule has 2 aromatic carbocycles. The summed E-state index contributed by atoms with van der Waals surface area (Å²) in [7, 11) is 1.62. The molecule has 2 aromatic rings. The number of halogens is 1. The van der Waals surface area contributed by atoms with Crippen LogP contribution in [0.15, 0.2) is 51.8 Å². The third-order valence-electron chi connectivity index (χ3n) is 3.02. The molecule has 0 amide bonds. The van der Waals surface area contributed by atoms with Crippen LogP contribution in [0.25, 0.3) is 0 Å². The van der Waals surface area contributed by atoms with E-state index in [1.54, 1.807) is 18.9 Å². The summed E-state index contributed by atoms with van der Waals surface area (Å²) < 4.78 is 6.26. The zero-order chi connectivity index (χ0) is 15.2. The van der Waals surface area contributed by atoms with Crippen LogP contribution in [0.1, 0.15) is 11.1 Å². The summed E-state index contributed by atoms with van der Waals surface area (Å²) in [5.74, 6) is 1.42. The van der Waals surface area contributed by atoms with Gasteiger partial charge in [0, 0.05) is 21.4 Å². The topological polar surface area (TPSA) is 26.3 Å². The predicted octanol–water partition coefficient (Wildman–Crippen LogP) is 4.67. The van der Waals surface area contributed by atoms with Gasteiger partial charge < -0.3 is 4.74 Å². The highest BCUT2D eigenvalue weighted by Gasteiger charge is 2.10. The summed E-state index contributed by atoms with van der Waals surface area (Å²) >= 11 is 5.00. The van der Waals surface area contributed by atoms with E-state index >= 15 is 0 Å². The number of aryl methyl sites for hydroxylation is 1. The highest BCUT2D eigenvalue weighted by molar-refractivity contribution is 9.10. The Kier molecular flexibility index (Phi) is 5.88. The van der Waals surface area contributed by atoms with Gasteiger partial charge in [-0.05, 0) is 37.3 Å². The first-order chi connectivity index (χ1) is 10.1. The quantitative estimate of drug-likeness (QED) is 0.696. The van der Waals surface area contributed by atoms with Gasteiger partial charge in [0.1, 0.15) is 11.5 Å². The molecule has 0 saturated carbocycles. The molecule has 21 heavy (non-hydrogen) atoms. The van der Waals surface area contributed by atoms with Crippen molar-refractivity contribution >= 4 is 33.5 Å². The largest absolute Gasteiger partial charge is 0.496 e. The number of ketones is 1. The second-order valence-electron chi connectivity index (χ2n) is 4.78. The second-order valence-corrected chi connectivity index (χ2v) is 6.74. The maximum atomic E-state index is 12.2. The molecule has 0 atom stereocenters. The highest BCUT2D eigenvalue weighted by Crippen LogP contribution is 2.25. The molecule has 0 aliphatic heterocycles. The highest BCUT2D eigenvalue weighted by atomic mass is 79.9. The van der Waals surface area contributed by atoms with Crippen molar-refractivity contribution in [2.75, 3.05) is 12.9 Å². The molecule has 110 valence electrons. The molecule has 0 unspecified atom stereocenters. The lowest BCUT2D eigenvalue weighted by atomic mass is 10.1. The van der Waals surface area contributed by atoms with Gasteiger partial charge in [-0.25, -0.2) is 0 Å². The maximum absolute atomic E-state index is 12.2. The summed E-state index contributed by atoms with van der Waals surface area (Å²) in [6.45, 7) is 2.05. The van der Waals surface area contributed by atoms with Crippen molar-refractivity contribution in [2.24, 2.45) is 0 Å². The lowest BCUT2D eigenvalue weighted by Gasteiger charge is -2.08. The average molecular weight is 365 g/mol. The average Bonchev–Trinajstić information content (AvgIpc) is 2.45. The van der Waals surface area contributed by atoms with Crippen molar-refractivity contribution in [1.29, 1.82) is 0 Å². The predicted molar refractivity (Wildman–Crippen MR) is 91.3 cm³/mol. The first kappa shape index (κ1) is 16.1. The van der Waals surface area contributed by atoms with Crippen molar-refractivity contribution in [3.05, 3.63) is 58.1 Å². The Morgan fingerprint density at radius 1 is 1.24 bits per heavy atom. The Bertz CT molecular complexity index is 640. The molecule has 0 heterocycles. The van der Waals surface area contributed by atoms with Crippen LogP contribution in [0, 0.1) is 6.92 Å². The van der Waals surface area contributed by atoms with Gasteiger partial charge in [-0.3, -0.25) is 4.79 Å². The maximum Gasteiger partial charge on any atom is 0.147 e. The fourth-order valence-electron chi connectivity index (χ4n) is 2.02. The molecule has 0 radical (unpaired) electrons. The summed E-state index contributed by atoms with van der Waals surface area (Å²) in [6, 6.07) is 13.9. The third kappa shape index (κ3) is 4.90. The second kappa shape index (κ2) is 7.66. The Hall–Kier alpha value is -1.26. The third-order valence-corrected chi connectivity index (χ3v) is 4.57. The van der Waals surface area contributed by atoms with E-state index in [-0.39, 0.29) is 5.78 Å². The van der Waals surface area contributed by atoms with Gasteiger partial charge in [0.15, 0.2) is 0 Å². The molecule has 0 bridgehead atoms. The Morgan fingerprint density at radius 3 is 2.76 bits per heavy atom. The van der Waals surface area contributed by atoms with Crippen LogP contribution >= 0.6 is 27.7 Å². The SMILES string of the molecule is COc1ccc(Br)cc1CC(=O)CSc1cccc(C)c1. The number of carbonyl (C=O) groups excluding carboxylic acids is 1. The van der Waals surface area contributed by atoms with Crippen molar-refractivity contribution in [2.45, 2.75) is 18.2 Å². The van der Waals surface area contributed by atoms with Gasteiger partial charge in [0.25, 0.3) is 0 Å². The number of carbonyl (C=O) groups is 1. The zero-order valence-electron chi connectivity index (χ0n) is 12.1. The summed E-state index contributed by atoms with van der Waals surface area (Å²) in [4.78, 5) is 13.3. The number of ether oxygens (including phenoxy) is 1. The van der Waals surface area contributed by atoms with Crippen LogP contribution in [-0.2, 0) is 11.2 Å². The van der Waals surface area contributed by atoms with E-state index in [2.05, 4.69) is 35.0 Å². The van der Waals surface area contributed by atoms with E-state index in [9.17, 15) is 4.79 Å². The van der Waals surface area contributed by atoms with Gasteiger partial charge in [-0.2, -0.15) is 0 Å². The summed E-state index contributed by atoms with van der Waals surface area (Å²) in [6.07, 6.45) is 0.390. The fraction of sp³-hybridized carbons (Fsp3) is 0.235. The minimum Gasteiger partial charge on any atom is -0.496 e. The van der Waals surface area contributed by atoms with Crippen LogP contribution in [0.3, 0.4) is 0 Å². The number of Topliss-reactive ketones (excluding diaryl/α,β-unsaturated/α-hetero) is 1. The molecule has 0 aliphatic rings. The minimum atomic E-state index is 0.193. The number of hydrogen-bond acceptors (Lipinski definition) is 3. The minimum absolute atomic E-state index is 0.193. The number of methoxy groups -OCH3 is 1. The van der Waals surface area contributed by atoms with Crippen molar-refractivity contribution < 1.29 is 9.53 Å². The van der Waals surface area contributed by atoms with Gasteiger partial charge in [-0.15, -0.1) is 11.8 Å². The lowest BCUT2D eigenvalue weighted by molar-refractivity contribution is -0.116. The van der Waals surface area contributed by atoms with E-state index in [1.165, 1.54) is 5.56 Å². The van der Waals surface area contributed by atoms with Crippen molar-refractivity contribution in [3.8, 4) is 5.75 Å². The molecule has 0 fully saturated rings. The number of rotatable bonds is 6. The van der Waals surface area contributed by atoms with Crippen molar-refractivity contribution in [1.82, 2.24) is 0 Å². The Labute approximate surface area is 138 Å².